The van der Waals surface area contributed by atoms with Crippen molar-refractivity contribution in [2.45, 2.75) is 25.7 Å². The molecule has 0 heterocycles. The van der Waals surface area contributed by atoms with Gasteiger partial charge in [0.2, 0.25) is 0 Å². The van der Waals surface area contributed by atoms with Crippen molar-refractivity contribution in [3.63, 3.8) is 0 Å². The Morgan fingerprint density at radius 1 is 0.733 bits per heavy atom. The van der Waals surface area contributed by atoms with E-state index in [9.17, 15) is 0 Å². The molecule has 1 radical (unpaired) electrons. The lowest BCUT2D eigenvalue weighted by Gasteiger charge is -1.89. The summed E-state index contributed by atoms with van der Waals surface area (Å²) in [5.41, 5.74) is 0. The quantitative estimate of drug-likeness (QED) is 0.391. The van der Waals surface area contributed by atoms with Crippen LogP contribution in [0, 0.1) is 6.92 Å². The highest BCUT2D eigenvalue weighted by Gasteiger charge is 1.79. The molecule has 0 spiro atoms. The van der Waals surface area contributed by atoms with Crippen molar-refractivity contribution in [3.05, 3.63) is 68.2 Å². The van der Waals surface area contributed by atoms with Crippen molar-refractivity contribution in [3.8, 4) is 0 Å². The van der Waals surface area contributed by atoms with Crippen LogP contribution in [0.15, 0.2) is 61.3 Å². The molecule has 0 bridgehead atoms. The Kier molecular flexibility index (Phi) is 11.6. The summed E-state index contributed by atoms with van der Waals surface area (Å²) in [5, 5.41) is 0. The molecule has 0 aliphatic rings. The number of unbranched alkanes of at least 4 members (excludes halogenated alkanes) is 3. The summed E-state index contributed by atoms with van der Waals surface area (Å²) in [6.07, 6.45) is 22.6. The molecule has 0 atom stereocenters. The third-order valence-electron chi connectivity index (χ3n) is 1.81. The van der Waals surface area contributed by atoms with E-state index in [1.165, 1.54) is 12.8 Å². The van der Waals surface area contributed by atoms with Gasteiger partial charge in [-0.15, -0.1) is 0 Å². The minimum atomic E-state index is 1.04. The van der Waals surface area contributed by atoms with Gasteiger partial charge >= 0.3 is 0 Å². The van der Waals surface area contributed by atoms with Gasteiger partial charge in [-0.2, -0.15) is 0 Å². The second-order valence-electron chi connectivity index (χ2n) is 3.17. The zero-order valence-electron chi connectivity index (χ0n) is 9.44. The first-order valence-corrected chi connectivity index (χ1v) is 5.48. The maximum absolute atomic E-state index is 3.81. The Bertz CT molecular complexity index is 239. The maximum atomic E-state index is 3.81. The average molecular weight is 201 g/mol. The molecule has 0 aromatic rings. The van der Waals surface area contributed by atoms with Gasteiger partial charge in [-0.1, -0.05) is 81.0 Å². The van der Waals surface area contributed by atoms with Crippen LogP contribution in [0.3, 0.4) is 0 Å². The number of hydrogen-bond donors (Lipinski definition) is 0. The highest BCUT2D eigenvalue weighted by molar-refractivity contribution is 5.17. The molecule has 0 fully saturated rings. The highest BCUT2D eigenvalue weighted by Crippen LogP contribution is 1.99. The molecule has 0 saturated carbocycles. The zero-order valence-corrected chi connectivity index (χ0v) is 9.44. The van der Waals surface area contributed by atoms with E-state index in [4.69, 9.17) is 0 Å². The summed E-state index contributed by atoms with van der Waals surface area (Å²) in [6, 6.07) is 0. The van der Waals surface area contributed by atoms with Gasteiger partial charge in [0.15, 0.2) is 0 Å². The Morgan fingerprint density at radius 3 is 1.93 bits per heavy atom. The summed E-state index contributed by atoms with van der Waals surface area (Å²) in [5.74, 6) is 0. The van der Waals surface area contributed by atoms with E-state index in [2.05, 4.69) is 25.7 Å². The molecule has 0 heteroatoms. The second-order valence-corrected chi connectivity index (χ2v) is 3.17. The predicted octanol–water partition coefficient (Wildman–Crippen LogP) is 4.79. The molecule has 0 unspecified atom stereocenters. The molecule has 0 aromatic heterocycles. The summed E-state index contributed by atoms with van der Waals surface area (Å²) < 4.78 is 0. The van der Waals surface area contributed by atoms with Gasteiger partial charge in [-0.25, -0.2) is 0 Å². The Hall–Kier alpha value is -1.30. The van der Waals surface area contributed by atoms with Crippen LogP contribution in [0.4, 0.5) is 0 Å². The first kappa shape index (κ1) is 13.7. The van der Waals surface area contributed by atoms with Crippen LogP contribution >= 0.6 is 0 Å². The minimum Gasteiger partial charge on any atom is -0.0991 e. The van der Waals surface area contributed by atoms with E-state index in [0.717, 1.165) is 12.8 Å². The van der Waals surface area contributed by atoms with E-state index in [1.54, 1.807) is 6.08 Å². The summed E-state index contributed by atoms with van der Waals surface area (Å²) in [7, 11) is 0. The van der Waals surface area contributed by atoms with E-state index in [-0.39, 0.29) is 0 Å². The topological polar surface area (TPSA) is 0 Å². The maximum Gasteiger partial charge on any atom is -0.0348 e. The van der Waals surface area contributed by atoms with Crippen LogP contribution in [0.5, 0.6) is 0 Å². The van der Waals surface area contributed by atoms with E-state index >= 15 is 0 Å². The van der Waals surface area contributed by atoms with Crippen molar-refractivity contribution < 1.29 is 0 Å². The van der Waals surface area contributed by atoms with Crippen LogP contribution in [0.1, 0.15) is 25.7 Å². The molecule has 0 rings (SSSR count). The van der Waals surface area contributed by atoms with Crippen molar-refractivity contribution in [2.24, 2.45) is 0 Å². The fourth-order valence-corrected chi connectivity index (χ4v) is 1.01. The second kappa shape index (κ2) is 12.7. The van der Waals surface area contributed by atoms with Gasteiger partial charge in [0.25, 0.3) is 0 Å². The minimum absolute atomic E-state index is 1.04. The van der Waals surface area contributed by atoms with Crippen molar-refractivity contribution in [2.75, 3.05) is 0 Å². The fourth-order valence-electron chi connectivity index (χ4n) is 1.01. The molecule has 0 aliphatic heterocycles. The molecular weight excluding hydrogens is 180 g/mol. The molecule has 0 amide bonds. The van der Waals surface area contributed by atoms with Crippen molar-refractivity contribution in [1.82, 2.24) is 0 Å². The lowest BCUT2D eigenvalue weighted by molar-refractivity contribution is 0.760. The monoisotopic (exact) mass is 201 g/mol. The summed E-state index contributed by atoms with van der Waals surface area (Å²) in [4.78, 5) is 0. The van der Waals surface area contributed by atoms with E-state index < -0.39 is 0 Å². The SMILES string of the molecule is [CH2]CCCCC=CC=CC=CC=CC=C. The van der Waals surface area contributed by atoms with E-state index in [1.807, 2.05) is 36.5 Å². The molecule has 0 N–H and O–H groups in total. The number of hydrogen-bond acceptors (Lipinski definition) is 0. The third-order valence-corrected chi connectivity index (χ3v) is 1.81. The van der Waals surface area contributed by atoms with Crippen LogP contribution in [-0.2, 0) is 0 Å². The smallest absolute Gasteiger partial charge is 0.0348 e. The summed E-state index contributed by atoms with van der Waals surface area (Å²) >= 11 is 0. The van der Waals surface area contributed by atoms with Crippen molar-refractivity contribution >= 4 is 0 Å². The average Bonchev–Trinajstić information content (AvgIpc) is 2.26. The molecule has 0 aliphatic carbocycles. The Labute approximate surface area is 94.4 Å². The zero-order chi connectivity index (χ0) is 11.2. The lowest BCUT2D eigenvalue weighted by atomic mass is 10.2. The molecular formula is C15H21. The largest absolute Gasteiger partial charge is 0.0991 e. The molecule has 0 saturated heterocycles. The predicted molar refractivity (Wildman–Crippen MR) is 70.6 cm³/mol. The van der Waals surface area contributed by atoms with Crippen LogP contribution in [0.25, 0.3) is 0 Å². The molecule has 0 aromatic carbocycles. The number of allylic oxidation sites excluding steroid dienone is 9. The van der Waals surface area contributed by atoms with Gasteiger partial charge in [0, 0.05) is 0 Å². The van der Waals surface area contributed by atoms with Gasteiger partial charge < -0.3 is 0 Å². The standard InChI is InChI=1S/C15H21/c1-3-5-7-9-11-13-15-14-12-10-8-6-4-2/h3,5,7,9,11-15H,1-2,4,6,8,10H2. The van der Waals surface area contributed by atoms with Crippen LogP contribution < -0.4 is 0 Å². The van der Waals surface area contributed by atoms with E-state index in [0.29, 0.717) is 0 Å². The van der Waals surface area contributed by atoms with Gasteiger partial charge in [0.05, 0.1) is 0 Å². The van der Waals surface area contributed by atoms with Gasteiger partial charge in [-0.3, -0.25) is 0 Å². The van der Waals surface area contributed by atoms with Crippen molar-refractivity contribution in [1.29, 1.82) is 0 Å². The van der Waals surface area contributed by atoms with Crippen LogP contribution in [0.2, 0.25) is 0 Å². The number of rotatable bonds is 8. The van der Waals surface area contributed by atoms with Crippen LogP contribution in [-0.4, -0.2) is 0 Å². The summed E-state index contributed by atoms with van der Waals surface area (Å²) in [6.45, 7) is 7.40. The Balaban J connectivity index is 3.48. The first-order chi connectivity index (χ1) is 7.41. The third kappa shape index (κ3) is 12.7. The van der Waals surface area contributed by atoms with Gasteiger partial charge in [-0.05, 0) is 12.8 Å². The highest BCUT2D eigenvalue weighted by atomic mass is 13.9. The Morgan fingerprint density at radius 2 is 1.33 bits per heavy atom. The fraction of sp³-hybridized carbons (Fsp3) is 0.267. The first-order valence-electron chi connectivity index (χ1n) is 5.48. The molecule has 81 valence electrons. The normalized spacial score (nSPS) is 12.6. The molecule has 0 nitrogen and oxygen atoms in total. The lowest BCUT2D eigenvalue weighted by Crippen LogP contribution is -1.69. The van der Waals surface area contributed by atoms with Gasteiger partial charge in [0.1, 0.15) is 0 Å². The molecule has 15 heavy (non-hydrogen) atoms.